The van der Waals surface area contributed by atoms with Crippen LogP contribution >= 0.6 is 22.6 Å². The largest absolute Gasteiger partial charge is 0.457 e. The quantitative estimate of drug-likeness (QED) is 0.208. The Morgan fingerprint density at radius 2 is 1.79 bits per heavy atom. The molecular weight excluding hydrogens is 527 g/mol. The van der Waals surface area contributed by atoms with Crippen LogP contribution in [0.15, 0.2) is 72.9 Å². The molecule has 1 fully saturated rings. The minimum atomic E-state index is -0.132. The number of rotatable bonds is 9. The van der Waals surface area contributed by atoms with E-state index in [-0.39, 0.29) is 9.96 Å². The van der Waals surface area contributed by atoms with Gasteiger partial charge in [0.15, 0.2) is 0 Å². The predicted molar refractivity (Wildman–Crippen MR) is 140 cm³/mol. The van der Waals surface area contributed by atoms with Crippen molar-refractivity contribution in [1.82, 2.24) is 15.2 Å². The predicted octanol–water partition coefficient (Wildman–Crippen LogP) is 5.46. The lowest BCUT2D eigenvalue weighted by molar-refractivity contribution is 0.0947. The maximum Gasteiger partial charge on any atom is 0.270 e. The lowest BCUT2D eigenvalue weighted by Gasteiger charge is -2.26. The van der Waals surface area contributed by atoms with E-state index < -0.39 is 0 Å². The third-order valence-electron chi connectivity index (χ3n) is 5.53. The number of aromatic nitrogens is 1. The van der Waals surface area contributed by atoms with E-state index in [1.807, 2.05) is 66.7 Å². The normalized spacial score (nSPS) is 14.9. The molecule has 2 aromatic carbocycles. The molecule has 1 aliphatic heterocycles. The summed E-state index contributed by atoms with van der Waals surface area (Å²) in [7, 11) is 0. The SMILES string of the molecule is O=C(NCC(I)Nc1cccc(Oc2ccccc2)c1)c1ncccc1CN1CCCCC1. The van der Waals surface area contributed by atoms with Crippen molar-refractivity contribution in [3.05, 3.63) is 84.2 Å². The van der Waals surface area contributed by atoms with Crippen LogP contribution in [0.4, 0.5) is 5.69 Å². The summed E-state index contributed by atoms with van der Waals surface area (Å²) in [5, 5.41) is 6.45. The number of alkyl halides is 1. The molecule has 0 bridgehead atoms. The summed E-state index contributed by atoms with van der Waals surface area (Å²) in [6.07, 6.45) is 5.43. The number of carbonyl (C=O) groups excluding carboxylic acids is 1. The van der Waals surface area contributed by atoms with Crippen molar-refractivity contribution >= 4 is 34.2 Å². The molecule has 0 aliphatic carbocycles. The highest BCUT2D eigenvalue weighted by Gasteiger charge is 2.17. The lowest BCUT2D eigenvalue weighted by atomic mass is 10.1. The van der Waals surface area contributed by atoms with Crippen molar-refractivity contribution in [2.45, 2.75) is 29.9 Å². The Kier molecular flexibility index (Phi) is 8.54. The number of piperidine rings is 1. The first-order valence-electron chi connectivity index (χ1n) is 11.4. The van der Waals surface area contributed by atoms with Gasteiger partial charge in [-0.2, -0.15) is 0 Å². The molecule has 33 heavy (non-hydrogen) atoms. The summed E-state index contributed by atoms with van der Waals surface area (Å²) >= 11 is 2.29. The zero-order chi connectivity index (χ0) is 22.9. The molecule has 1 aromatic heterocycles. The van der Waals surface area contributed by atoms with E-state index in [9.17, 15) is 4.79 Å². The number of hydrogen-bond acceptors (Lipinski definition) is 5. The van der Waals surface area contributed by atoms with Crippen LogP contribution in [0.2, 0.25) is 0 Å². The first-order chi connectivity index (χ1) is 16.2. The molecule has 6 nitrogen and oxygen atoms in total. The fourth-order valence-corrected chi connectivity index (χ4v) is 4.48. The first-order valence-corrected chi connectivity index (χ1v) is 12.6. The third-order valence-corrected chi connectivity index (χ3v) is 6.28. The number of hydrogen-bond donors (Lipinski definition) is 2. The number of halogens is 1. The average molecular weight is 556 g/mol. The van der Waals surface area contributed by atoms with E-state index in [2.05, 4.69) is 43.1 Å². The van der Waals surface area contributed by atoms with Crippen LogP contribution in [0, 0.1) is 0 Å². The Balaban J connectivity index is 1.31. The fourth-order valence-electron chi connectivity index (χ4n) is 3.90. The van der Waals surface area contributed by atoms with Crippen LogP contribution in [0.5, 0.6) is 11.5 Å². The highest BCUT2D eigenvalue weighted by atomic mass is 127. The Morgan fingerprint density at radius 3 is 2.61 bits per heavy atom. The molecule has 7 heteroatoms. The summed E-state index contributed by atoms with van der Waals surface area (Å²) in [5.74, 6) is 1.42. The molecule has 2 N–H and O–H groups in total. The summed E-state index contributed by atoms with van der Waals surface area (Å²) < 4.78 is 5.91. The first kappa shape index (κ1) is 23.5. The highest BCUT2D eigenvalue weighted by molar-refractivity contribution is 14.1. The van der Waals surface area contributed by atoms with Gasteiger partial charge in [0, 0.05) is 31.0 Å². The van der Waals surface area contributed by atoms with Crippen LogP contribution in [0.25, 0.3) is 0 Å². The van der Waals surface area contributed by atoms with Gasteiger partial charge in [-0.3, -0.25) is 14.7 Å². The summed E-state index contributed by atoms with van der Waals surface area (Å²) in [4.78, 5) is 19.7. The molecule has 0 radical (unpaired) electrons. The molecule has 172 valence electrons. The van der Waals surface area contributed by atoms with Gasteiger partial charge in [0.05, 0.1) is 4.05 Å². The van der Waals surface area contributed by atoms with E-state index in [0.717, 1.165) is 42.4 Å². The number of para-hydroxylation sites is 1. The Morgan fingerprint density at radius 1 is 1.00 bits per heavy atom. The van der Waals surface area contributed by atoms with Gasteiger partial charge in [-0.05, 0) is 61.8 Å². The number of anilines is 1. The van der Waals surface area contributed by atoms with Crippen LogP contribution < -0.4 is 15.4 Å². The van der Waals surface area contributed by atoms with Crippen molar-refractivity contribution in [3.63, 3.8) is 0 Å². The number of amides is 1. The minimum absolute atomic E-state index is 0.00721. The second-order valence-electron chi connectivity index (χ2n) is 8.11. The van der Waals surface area contributed by atoms with Gasteiger partial charge >= 0.3 is 0 Å². The van der Waals surface area contributed by atoms with E-state index in [1.165, 1.54) is 19.3 Å². The molecule has 1 unspecified atom stereocenters. The molecule has 2 heterocycles. The van der Waals surface area contributed by atoms with E-state index in [0.29, 0.717) is 12.2 Å². The van der Waals surface area contributed by atoms with E-state index in [1.54, 1.807) is 6.20 Å². The monoisotopic (exact) mass is 556 g/mol. The minimum Gasteiger partial charge on any atom is -0.457 e. The summed E-state index contributed by atoms with van der Waals surface area (Å²) in [6, 6.07) is 21.4. The maximum absolute atomic E-state index is 12.9. The molecule has 0 saturated carbocycles. The number of pyridine rings is 1. The Bertz CT molecular complexity index is 1040. The fraction of sp³-hybridized carbons (Fsp3) is 0.308. The van der Waals surface area contributed by atoms with Crippen LogP contribution in [-0.2, 0) is 6.54 Å². The highest BCUT2D eigenvalue weighted by Crippen LogP contribution is 2.24. The van der Waals surface area contributed by atoms with Gasteiger partial charge in [-0.25, -0.2) is 0 Å². The number of carbonyl (C=O) groups is 1. The van der Waals surface area contributed by atoms with Gasteiger partial charge < -0.3 is 15.4 Å². The van der Waals surface area contributed by atoms with E-state index in [4.69, 9.17) is 4.74 Å². The standard InChI is InChI=1S/C26H29IN4O2/c27-24(30-21-10-7-13-23(17-21)33-22-11-3-1-4-12-22)18-29-26(32)25-20(9-8-14-28-25)19-31-15-5-2-6-16-31/h1,3-4,7-14,17,24,30H,2,5-6,15-16,18-19H2,(H,29,32). The van der Waals surface area contributed by atoms with Gasteiger partial charge in [-0.15, -0.1) is 0 Å². The molecule has 1 amide bonds. The summed E-state index contributed by atoms with van der Waals surface area (Å²) in [5.41, 5.74) is 2.44. The van der Waals surface area contributed by atoms with Crippen molar-refractivity contribution in [1.29, 1.82) is 0 Å². The number of nitrogens with zero attached hydrogens (tertiary/aromatic N) is 2. The summed E-state index contributed by atoms with van der Waals surface area (Å²) in [6.45, 7) is 3.42. The number of benzene rings is 2. The zero-order valence-corrected chi connectivity index (χ0v) is 20.7. The molecule has 4 rings (SSSR count). The van der Waals surface area contributed by atoms with Gasteiger partial charge in [0.1, 0.15) is 17.2 Å². The van der Waals surface area contributed by atoms with Gasteiger partial charge in [-0.1, -0.05) is 59.3 Å². The Hall–Kier alpha value is -2.65. The lowest BCUT2D eigenvalue weighted by Crippen LogP contribution is -2.35. The maximum atomic E-state index is 12.9. The van der Waals surface area contributed by atoms with Crippen molar-refractivity contribution in [3.8, 4) is 11.5 Å². The third kappa shape index (κ3) is 7.17. The second-order valence-corrected chi connectivity index (χ2v) is 9.62. The molecule has 0 spiro atoms. The van der Waals surface area contributed by atoms with Crippen molar-refractivity contribution < 1.29 is 9.53 Å². The van der Waals surface area contributed by atoms with Gasteiger partial charge in [0.25, 0.3) is 5.91 Å². The van der Waals surface area contributed by atoms with Crippen molar-refractivity contribution in [2.24, 2.45) is 0 Å². The molecular formula is C26H29IN4O2. The number of ether oxygens (including phenoxy) is 1. The van der Waals surface area contributed by atoms with Gasteiger partial charge in [0.2, 0.25) is 0 Å². The Labute approximate surface area is 208 Å². The van der Waals surface area contributed by atoms with Crippen LogP contribution in [0.3, 0.4) is 0 Å². The molecule has 1 atom stereocenters. The topological polar surface area (TPSA) is 66.5 Å². The average Bonchev–Trinajstić information content (AvgIpc) is 2.84. The van der Waals surface area contributed by atoms with Crippen molar-refractivity contribution in [2.75, 3.05) is 25.0 Å². The number of likely N-dealkylation sites (tertiary alicyclic amines) is 1. The smallest absolute Gasteiger partial charge is 0.270 e. The van der Waals surface area contributed by atoms with Crippen LogP contribution in [0.1, 0.15) is 35.3 Å². The molecule has 1 saturated heterocycles. The molecule has 1 aliphatic rings. The second kappa shape index (κ2) is 12.0. The van der Waals surface area contributed by atoms with Crippen LogP contribution in [-0.4, -0.2) is 39.5 Å². The zero-order valence-electron chi connectivity index (χ0n) is 18.5. The number of nitrogens with one attached hydrogen (secondary N) is 2. The molecule has 3 aromatic rings. The van der Waals surface area contributed by atoms with E-state index >= 15 is 0 Å².